The summed E-state index contributed by atoms with van der Waals surface area (Å²) in [6.45, 7) is 2.21. The Hall–Kier alpha value is 0.900. The first-order valence-corrected chi connectivity index (χ1v) is 3.45. The van der Waals surface area contributed by atoms with E-state index in [0.717, 1.165) is 0 Å². The van der Waals surface area contributed by atoms with Crippen LogP contribution in [-0.2, 0) is 0 Å². The normalized spacial score (nSPS) is 9.25. The molecule has 2 heteroatoms. The summed E-state index contributed by atoms with van der Waals surface area (Å²) in [5.74, 6) is 2.02. The zero-order valence-corrected chi connectivity index (χ0v) is 8.75. The third-order valence-electron chi connectivity index (χ3n) is 0.860. The molecule has 0 aromatic rings. The van der Waals surface area contributed by atoms with E-state index in [1.165, 1.54) is 19.3 Å². The second kappa shape index (κ2) is 10.8. The zero-order chi connectivity index (χ0) is 5.54. The maximum absolute atomic E-state index is 2.57. The van der Waals surface area contributed by atoms with E-state index < -0.39 is 0 Å². The molecule has 0 nitrogen and oxygen atoms in total. The van der Waals surface area contributed by atoms with Crippen LogP contribution in [0, 0.1) is 0 Å². The van der Waals surface area contributed by atoms with E-state index in [9.17, 15) is 0 Å². The van der Waals surface area contributed by atoms with Gasteiger partial charge in [0.05, 0.1) is 0 Å². The van der Waals surface area contributed by atoms with Gasteiger partial charge >= 0.3 is 0 Å². The van der Waals surface area contributed by atoms with Gasteiger partial charge in [-0.2, -0.15) is 0 Å². The van der Waals surface area contributed by atoms with E-state index in [2.05, 4.69) is 22.2 Å². The molecule has 0 spiro atoms. The minimum absolute atomic E-state index is 0. The number of halogens is 1. The van der Waals surface area contributed by atoms with Crippen LogP contribution >= 0.6 is 33.2 Å². The summed E-state index contributed by atoms with van der Waals surface area (Å²) in [5.41, 5.74) is 0. The van der Waals surface area contributed by atoms with E-state index >= 15 is 0 Å². The lowest BCUT2D eigenvalue weighted by molar-refractivity contribution is 0.815. The predicted octanol–water partition coefficient (Wildman–Crippen LogP) is 3.18. The highest BCUT2D eigenvalue weighted by molar-refractivity contribution is 14.0. The van der Waals surface area contributed by atoms with Crippen molar-refractivity contribution in [1.29, 1.82) is 0 Å². The second-order valence-electron chi connectivity index (χ2n) is 1.57. The van der Waals surface area contributed by atoms with Crippen LogP contribution in [0.3, 0.4) is 0 Å². The van der Waals surface area contributed by atoms with Gasteiger partial charge in [-0.05, 0) is 6.42 Å². The quantitative estimate of drug-likeness (QED) is 0.406. The van der Waals surface area contributed by atoms with Gasteiger partial charge < -0.3 is 0 Å². The van der Waals surface area contributed by atoms with E-state index in [0.29, 0.717) is 0 Å². The Balaban J connectivity index is 0. The van der Waals surface area contributed by atoms with E-state index in [4.69, 9.17) is 0 Å². The van der Waals surface area contributed by atoms with Crippen LogP contribution < -0.4 is 0 Å². The number of unbranched alkanes of at least 4 members (excludes halogenated alkanes) is 2. The minimum atomic E-state index is 0. The molecule has 1 unspecified atom stereocenters. The zero-order valence-electron chi connectivity index (χ0n) is 5.26. The Morgan fingerprint density at radius 3 is 2.50 bits per heavy atom. The molecule has 0 fully saturated rings. The molecule has 0 aliphatic rings. The molecule has 0 aromatic heterocycles. The standard InChI is InChI=1S/C6H13P.HI/c1-2-3-4-5-6-7;/h5-6H,2-4,7H2,1H3;1H/b6-5-;. The Bertz CT molecular complexity index is 52.5. The Morgan fingerprint density at radius 1 is 1.50 bits per heavy atom. The van der Waals surface area contributed by atoms with Crippen molar-refractivity contribution in [3.63, 3.8) is 0 Å². The summed E-state index contributed by atoms with van der Waals surface area (Å²) < 4.78 is 0. The third-order valence-corrected chi connectivity index (χ3v) is 1.13. The molecule has 0 aromatic carbocycles. The molecule has 0 N–H and O–H groups in total. The van der Waals surface area contributed by atoms with Crippen molar-refractivity contribution in [2.75, 3.05) is 0 Å². The van der Waals surface area contributed by atoms with Gasteiger partial charge in [0.1, 0.15) is 0 Å². The summed E-state index contributed by atoms with van der Waals surface area (Å²) >= 11 is 0. The number of allylic oxidation sites excluding steroid dienone is 1. The van der Waals surface area contributed by atoms with Gasteiger partial charge in [-0.25, -0.2) is 0 Å². The maximum Gasteiger partial charge on any atom is -0.0347 e. The highest BCUT2D eigenvalue weighted by Crippen LogP contribution is 1.95. The van der Waals surface area contributed by atoms with Crippen molar-refractivity contribution in [3.8, 4) is 0 Å². The molecule has 0 aliphatic heterocycles. The molecule has 0 bridgehead atoms. The fourth-order valence-electron chi connectivity index (χ4n) is 0.418. The molecule has 0 heterocycles. The van der Waals surface area contributed by atoms with Gasteiger partial charge in [0.2, 0.25) is 0 Å². The van der Waals surface area contributed by atoms with Gasteiger partial charge in [0.15, 0.2) is 0 Å². The molecule has 0 aliphatic carbocycles. The van der Waals surface area contributed by atoms with Crippen LogP contribution in [0.4, 0.5) is 0 Å². The Kier molecular flexibility index (Phi) is 15.8. The first-order chi connectivity index (χ1) is 3.41. The largest absolute Gasteiger partial charge is 0.114 e. The van der Waals surface area contributed by atoms with Gasteiger partial charge in [0, 0.05) is 0 Å². The van der Waals surface area contributed by atoms with Crippen LogP contribution in [0.15, 0.2) is 11.9 Å². The Morgan fingerprint density at radius 2 is 2.12 bits per heavy atom. The Labute approximate surface area is 71.3 Å². The summed E-state index contributed by atoms with van der Waals surface area (Å²) in [6, 6.07) is 0. The fourth-order valence-corrected chi connectivity index (χ4v) is 0.611. The maximum atomic E-state index is 2.57. The third kappa shape index (κ3) is 10.0. The molecule has 1 atom stereocenters. The lowest BCUT2D eigenvalue weighted by atomic mass is 10.2. The molecule has 0 rings (SSSR count). The first kappa shape index (κ1) is 11.7. The monoisotopic (exact) mass is 244 g/mol. The summed E-state index contributed by atoms with van der Waals surface area (Å²) in [5, 5.41) is 0. The summed E-state index contributed by atoms with van der Waals surface area (Å²) in [7, 11) is 2.57. The molecular formula is C6H14IP. The molecule has 50 valence electrons. The van der Waals surface area contributed by atoms with Crippen LogP contribution in [0.25, 0.3) is 0 Å². The van der Waals surface area contributed by atoms with E-state index in [1.54, 1.807) is 0 Å². The van der Waals surface area contributed by atoms with Gasteiger partial charge in [-0.1, -0.05) is 31.7 Å². The highest BCUT2D eigenvalue weighted by Gasteiger charge is 1.73. The average Bonchev–Trinajstić information content (AvgIpc) is 1.69. The van der Waals surface area contributed by atoms with Crippen LogP contribution in [0.2, 0.25) is 0 Å². The van der Waals surface area contributed by atoms with Gasteiger partial charge in [-0.15, -0.1) is 33.2 Å². The molecule has 0 saturated carbocycles. The van der Waals surface area contributed by atoms with Crippen LogP contribution in [0.1, 0.15) is 26.2 Å². The summed E-state index contributed by atoms with van der Waals surface area (Å²) in [6.07, 6.45) is 6.04. The smallest absolute Gasteiger partial charge is 0.0347 e. The lowest BCUT2D eigenvalue weighted by Crippen LogP contribution is -1.62. The lowest BCUT2D eigenvalue weighted by Gasteiger charge is -1.83. The number of hydrogen-bond donors (Lipinski definition) is 0. The average molecular weight is 244 g/mol. The first-order valence-electron chi connectivity index (χ1n) is 2.78. The van der Waals surface area contributed by atoms with Crippen molar-refractivity contribution in [2.45, 2.75) is 26.2 Å². The second-order valence-corrected chi connectivity index (χ2v) is 1.96. The van der Waals surface area contributed by atoms with Crippen molar-refractivity contribution in [1.82, 2.24) is 0 Å². The molecule has 0 amide bonds. The molecular weight excluding hydrogens is 230 g/mol. The number of hydrogen-bond acceptors (Lipinski definition) is 0. The molecule has 0 radical (unpaired) electrons. The fraction of sp³-hybridized carbons (Fsp3) is 0.667. The highest BCUT2D eigenvalue weighted by atomic mass is 127. The van der Waals surface area contributed by atoms with Gasteiger partial charge in [0.25, 0.3) is 0 Å². The van der Waals surface area contributed by atoms with Crippen molar-refractivity contribution >= 4 is 33.2 Å². The van der Waals surface area contributed by atoms with Crippen LogP contribution in [0.5, 0.6) is 0 Å². The van der Waals surface area contributed by atoms with Crippen LogP contribution in [-0.4, -0.2) is 0 Å². The SMILES string of the molecule is CCCC/C=C\P.I. The topological polar surface area (TPSA) is 0 Å². The van der Waals surface area contributed by atoms with Gasteiger partial charge in [-0.3, -0.25) is 0 Å². The minimum Gasteiger partial charge on any atom is -0.114 e. The molecule has 8 heavy (non-hydrogen) atoms. The molecule has 0 saturated heterocycles. The van der Waals surface area contributed by atoms with E-state index in [1.807, 2.05) is 5.82 Å². The van der Waals surface area contributed by atoms with Crippen molar-refractivity contribution < 1.29 is 0 Å². The predicted molar refractivity (Wildman–Crippen MR) is 53.8 cm³/mol. The van der Waals surface area contributed by atoms with E-state index in [-0.39, 0.29) is 24.0 Å². The van der Waals surface area contributed by atoms with Crippen molar-refractivity contribution in [2.24, 2.45) is 0 Å². The van der Waals surface area contributed by atoms with Crippen molar-refractivity contribution in [3.05, 3.63) is 11.9 Å². The summed E-state index contributed by atoms with van der Waals surface area (Å²) in [4.78, 5) is 0. The number of rotatable bonds is 3.